The summed E-state index contributed by atoms with van der Waals surface area (Å²) >= 11 is 0. The van der Waals surface area contributed by atoms with Gasteiger partial charge in [0.1, 0.15) is 0 Å². The van der Waals surface area contributed by atoms with E-state index in [4.69, 9.17) is 0 Å². The molecule has 0 amide bonds. The lowest BCUT2D eigenvalue weighted by molar-refractivity contribution is 0.158. The first kappa shape index (κ1) is 13.9. The molecule has 1 N–H and O–H groups in total. The number of aryl methyl sites for hydroxylation is 1. The van der Waals surface area contributed by atoms with E-state index in [1.807, 2.05) is 18.1 Å². The van der Waals surface area contributed by atoms with E-state index in [1.165, 1.54) is 12.4 Å². The Bertz CT molecular complexity index is 600. The highest BCUT2D eigenvalue weighted by atomic mass is 19.1. The summed E-state index contributed by atoms with van der Waals surface area (Å²) in [6.07, 6.45) is 7.86. The lowest BCUT2D eigenvalue weighted by atomic mass is 10.0. The van der Waals surface area contributed by atoms with Crippen molar-refractivity contribution in [1.29, 1.82) is 0 Å². The normalized spacial score (nSPS) is 20.0. The van der Waals surface area contributed by atoms with Crippen molar-refractivity contribution < 1.29 is 9.50 Å². The Morgan fingerprint density at radius 2 is 2.14 bits per heavy atom. The topological polar surface area (TPSA) is 67.1 Å². The fourth-order valence-electron chi connectivity index (χ4n) is 2.80. The molecule has 0 spiro atoms. The molecule has 6 nitrogen and oxygen atoms in total. The average molecular weight is 291 g/mol. The lowest BCUT2D eigenvalue weighted by Gasteiger charge is -2.26. The molecule has 1 fully saturated rings. The molecule has 1 aliphatic heterocycles. The van der Waals surface area contributed by atoms with Gasteiger partial charge in [-0.2, -0.15) is 5.10 Å². The van der Waals surface area contributed by atoms with Crippen molar-refractivity contribution in [2.75, 3.05) is 11.4 Å². The molecule has 2 aromatic heterocycles. The first-order valence-electron chi connectivity index (χ1n) is 7.04. The molecule has 21 heavy (non-hydrogen) atoms. The predicted octanol–water partition coefficient (Wildman–Crippen LogP) is 1.44. The standard InChI is InChI=1S/C14H18FN5O/c1-19-9-10(6-18-19)13(21)5-12-3-2-4-20(12)14-16-7-11(15)8-17-14/h6-9,12-13,21H,2-5H2,1H3. The highest BCUT2D eigenvalue weighted by molar-refractivity contribution is 5.32. The highest BCUT2D eigenvalue weighted by Crippen LogP contribution is 2.29. The Balaban J connectivity index is 1.70. The van der Waals surface area contributed by atoms with Gasteiger partial charge in [0.15, 0.2) is 5.82 Å². The maximum absolute atomic E-state index is 12.9. The van der Waals surface area contributed by atoms with Gasteiger partial charge in [0.05, 0.1) is 24.7 Å². The molecular weight excluding hydrogens is 273 g/mol. The summed E-state index contributed by atoms with van der Waals surface area (Å²) in [5, 5.41) is 14.4. The van der Waals surface area contributed by atoms with Crippen LogP contribution in [0.15, 0.2) is 24.8 Å². The van der Waals surface area contributed by atoms with Crippen molar-refractivity contribution in [3.05, 3.63) is 36.2 Å². The average Bonchev–Trinajstić information content (AvgIpc) is 3.09. The van der Waals surface area contributed by atoms with Crippen molar-refractivity contribution in [3.63, 3.8) is 0 Å². The first-order chi connectivity index (χ1) is 10.1. The van der Waals surface area contributed by atoms with E-state index in [2.05, 4.69) is 15.1 Å². The molecule has 3 heterocycles. The van der Waals surface area contributed by atoms with Gasteiger partial charge in [-0.3, -0.25) is 4.68 Å². The molecule has 0 radical (unpaired) electrons. The van der Waals surface area contributed by atoms with Crippen LogP contribution >= 0.6 is 0 Å². The summed E-state index contributed by atoms with van der Waals surface area (Å²) in [7, 11) is 1.82. The van der Waals surface area contributed by atoms with E-state index in [-0.39, 0.29) is 6.04 Å². The molecule has 0 aromatic carbocycles. The van der Waals surface area contributed by atoms with Gasteiger partial charge in [-0.05, 0) is 19.3 Å². The summed E-state index contributed by atoms with van der Waals surface area (Å²) in [5.41, 5.74) is 0.810. The van der Waals surface area contributed by atoms with Crippen molar-refractivity contribution in [1.82, 2.24) is 19.7 Å². The number of rotatable bonds is 4. The summed E-state index contributed by atoms with van der Waals surface area (Å²) in [4.78, 5) is 10.1. The monoisotopic (exact) mass is 291 g/mol. The molecular formula is C14H18FN5O. The van der Waals surface area contributed by atoms with Crippen LogP contribution in [0.25, 0.3) is 0 Å². The fraction of sp³-hybridized carbons (Fsp3) is 0.500. The number of anilines is 1. The van der Waals surface area contributed by atoms with Gasteiger partial charge in [-0.25, -0.2) is 14.4 Å². The van der Waals surface area contributed by atoms with Crippen molar-refractivity contribution in [2.45, 2.75) is 31.4 Å². The number of halogens is 1. The number of nitrogens with zero attached hydrogens (tertiary/aromatic N) is 5. The van der Waals surface area contributed by atoms with Gasteiger partial charge in [0.25, 0.3) is 0 Å². The molecule has 0 saturated carbocycles. The molecule has 0 aliphatic carbocycles. The van der Waals surface area contributed by atoms with Gasteiger partial charge < -0.3 is 10.0 Å². The Morgan fingerprint density at radius 3 is 2.81 bits per heavy atom. The van der Waals surface area contributed by atoms with Crippen molar-refractivity contribution >= 4 is 5.95 Å². The molecule has 2 unspecified atom stereocenters. The smallest absolute Gasteiger partial charge is 0.225 e. The fourth-order valence-corrected chi connectivity index (χ4v) is 2.80. The quantitative estimate of drug-likeness (QED) is 0.923. The van der Waals surface area contributed by atoms with Crippen LogP contribution in [0.4, 0.5) is 10.3 Å². The Hall–Kier alpha value is -2.02. The maximum Gasteiger partial charge on any atom is 0.225 e. The van der Waals surface area contributed by atoms with Crippen LogP contribution in [0.2, 0.25) is 0 Å². The van der Waals surface area contributed by atoms with Crippen LogP contribution in [0.1, 0.15) is 30.9 Å². The lowest BCUT2D eigenvalue weighted by Crippen LogP contribution is -2.32. The summed E-state index contributed by atoms with van der Waals surface area (Å²) in [6, 6.07) is 0.158. The second-order valence-electron chi connectivity index (χ2n) is 5.39. The third kappa shape index (κ3) is 3.02. The Morgan fingerprint density at radius 1 is 1.38 bits per heavy atom. The summed E-state index contributed by atoms with van der Waals surface area (Å²) in [6.45, 7) is 0.829. The summed E-state index contributed by atoms with van der Waals surface area (Å²) < 4.78 is 14.6. The predicted molar refractivity (Wildman–Crippen MR) is 75.1 cm³/mol. The maximum atomic E-state index is 12.9. The molecule has 3 rings (SSSR count). The van der Waals surface area contributed by atoms with Crippen molar-refractivity contribution in [3.8, 4) is 0 Å². The van der Waals surface area contributed by atoms with Crippen LogP contribution in [0.3, 0.4) is 0 Å². The first-order valence-corrected chi connectivity index (χ1v) is 7.04. The van der Waals surface area contributed by atoms with Crippen LogP contribution in [0, 0.1) is 5.82 Å². The third-order valence-electron chi connectivity index (χ3n) is 3.85. The van der Waals surface area contributed by atoms with Crippen LogP contribution in [0.5, 0.6) is 0 Å². The Labute approximate surface area is 122 Å². The Kier molecular flexibility index (Phi) is 3.83. The van der Waals surface area contributed by atoms with Gasteiger partial charge in [-0.15, -0.1) is 0 Å². The van der Waals surface area contributed by atoms with Gasteiger partial charge in [-0.1, -0.05) is 0 Å². The van der Waals surface area contributed by atoms with Crippen molar-refractivity contribution in [2.24, 2.45) is 7.05 Å². The van der Waals surface area contributed by atoms with E-state index in [1.54, 1.807) is 10.9 Å². The van der Waals surface area contributed by atoms with E-state index in [9.17, 15) is 9.50 Å². The van der Waals surface area contributed by atoms with Crippen LogP contribution in [-0.4, -0.2) is 37.4 Å². The molecule has 0 bridgehead atoms. The second-order valence-corrected chi connectivity index (χ2v) is 5.39. The van der Waals surface area contributed by atoms with Gasteiger partial charge >= 0.3 is 0 Å². The number of aromatic nitrogens is 4. The van der Waals surface area contributed by atoms with E-state index >= 15 is 0 Å². The zero-order valence-electron chi connectivity index (χ0n) is 11.9. The largest absolute Gasteiger partial charge is 0.388 e. The minimum absolute atomic E-state index is 0.158. The summed E-state index contributed by atoms with van der Waals surface area (Å²) in [5.74, 6) is 0.0854. The zero-order chi connectivity index (χ0) is 14.8. The minimum atomic E-state index is -0.565. The van der Waals surface area contributed by atoms with Gasteiger partial charge in [0.2, 0.25) is 5.95 Å². The van der Waals surface area contributed by atoms with Gasteiger partial charge in [0, 0.05) is 31.4 Å². The molecule has 1 aliphatic rings. The SMILES string of the molecule is Cn1cc(C(O)CC2CCCN2c2ncc(F)cn2)cn1. The molecule has 112 valence electrons. The van der Waals surface area contributed by atoms with Crippen LogP contribution < -0.4 is 4.90 Å². The number of aliphatic hydroxyl groups excluding tert-OH is 1. The number of hydrogen-bond acceptors (Lipinski definition) is 5. The molecule has 2 aromatic rings. The molecule has 1 saturated heterocycles. The number of hydrogen-bond donors (Lipinski definition) is 1. The van der Waals surface area contributed by atoms with E-state index in [0.29, 0.717) is 12.4 Å². The second kappa shape index (κ2) is 5.77. The van der Waals surface area contributed by atoms with E-state index < -0.39 is 11.9 Å². The molecule has 7 heteroatoms. The highest BCUT2D eigenvalue weighted by Gasteiger charge is 2.29. The number of aliphatic hydroxyl groups is 1. The zero-order valence-corrected chi connectivity index (χ0v) is 11.9. The minimum Gasteiger partial charge on any atom is -0.388 e. The van der Waals surface area contributed by atoms with E-state index in [0.717, 1.165) is 24.9 Å². The molecule has 2 atom stereocenters. The third-order valence-corrected chi connectivity index (χ3v) is 3.85. The van der Waals surface area contributed by atoms with Crippen LogP contribution in [-0.2, 0) is 7.05 Å².